The zero-order chi connectivity index (χ0) is 13.1. The van der Waals surface area contributed by atoms with Crippen molar-refractivity contribution in [2.75, 3.05) is 6.61 Å². The minimum absolute atomic E-state index is 0.0577. The van der Waals surface area contributed by atoms with Crippen molar-refractivity contribution >= 4 is 39.1 Å². The van der Waals surface area contributed by atoms with Crippen LogP contribution in [0.2, 0.25) is 4.47 Å². The van der Waals surface area contributed by atoms with Crippen molar-refractivity contribution in [3.8, 4) is 0 Å². The number of hydrogen-bond donors (Lipinski definition) is 2. The molecular formula is C12H13ClN2O2S. The van der Waals surface area contributed by atoms with Gasteiger partial charge in [0, 0.05) is 18.2 Å². The van der Waals surface area contributed by atoms with E-state index in [0.717, 1.165) is 10.2 Å². The van der Waals surface area contributed by atoms with Gasteiger partial charge in [-0.05, 0) is 31.5 Å². The van der Waals surface area contributed by atoms with Gasteiger partial charge in [0.25, 0.3) is 5.91 Å². The Labute approximate surface area is 114 Å². The molecule has 96 valence electrons. The molecule has 0 aliphatic carbocycles. The van der Waals surface area contributed by atoms with Gasteiger partial charge >= 0.3 is 0 Å². The Hall–Kier alpha value is -1.17. The van der Waals surface area contributed by atoms with E-state index < -0.39 is 0 Å². The van der Waals surface area contributed by atoms with Crippen LogP contribution in [0.4, 0.5) is 0 Å². The van der Waals surface area contributed by atoms with Crippen LogP contribution in [-0.2, 0) is 0 Å². The highest BCUT2D eigenvalue weighted by Gasteiger charge is 2.11. The molecule has 2 N–H and O–H groups in total. The summed E-state index contributed by atoms with van der Waals surface area (Å²) in [6, 6.07) is 5.25. The Balaban J connectivity index is 2.17. The summed E-state index contributed by atoms with van der Waals surface area (Å²) in [6.45, 7) is 1.91. The summed E-state index contributed by atoms with van der Waals surface area (Å²) in [6.07, 6.45) is 0.538. The second-order valence-electron chi connectivity index (χ2n) is 4.04. The highest BCUT2D eigenvalue weighted by atomic mass is 35.5. The molecule has 0 radical (unpaired) electrons. The molecule has 2 aromatic rings. The quantitative estimate of drug-likeness (QED) is 0.906. The number of benzene rings is 1. The lowest BCUT2D eigenvalue weighted by molar-refractivity contribution is 0.0934. The molecule has 18 heavy (non-hydrogen) atoms. The van der Waals surface area contributed by atoms with Crippen LogP contribution in [0, 0.1) is 0 Å². The van der Waals surface area contributed by atoms with Crippen molar-refractivity contribution in [3.63, 3.8) is 0 Å². The molecule has 1 atom stereocenters. The Kier molecular flexibility index (Phi) is 4.16. The zero-order valence-electron chi connectivity index (χ0n) is 9.81. The third kappa shape index (κ3) is 2.98. The van der Waals surface area contributed by atoms with E-state index in [9.17, 15) is 4.79 Å². The summed E-state index contributed by atoms with van der Waals surface area (Å²) in [5.74, 6) is -0.165. The number of carbonyl (C=O) groups excluding carboxylic acids is 1. The summed E-state index contributed by atoms with van der Waals surface area (Å²) >= 11 is 7.20. The second kappa shape index (κ2) is 5.65. The molecule has 0 saturated carbocycles. The Morgan fingerprint density at radius 3 is 3.11 bits per heavy atom. The van der Waals surface area contributed by atoms with Crippen LogP contribution < -0.4 is 5.32 Å². The van der Waals surface area contributed by atoms with Gasteiger partial charge in [-0.2, -0.15) is 0 Å². The fraction of sp³-hybridized carbons (Fsp3) is 0.333. The third-order valence-electron chi connectivity index (χ3n) is 2.56. The maximum Gasteiger partial charge on any atom is 0.251 e. The van der Waals surface area contributed by atoms with E-state index >= 15 is 0 Å². The van der Waals surface area contributed by atoms with Crippen molar-refractivity contribution in [1.29, 1.82) is 0 Å². The van der Waals surface area contributed by atoms with Crippen LogP contribution in [-0.4, -0.2) is 28.6 Å². The highest BCUT2D eigenvalue weighted by Crippen LogP contribution is 2.26. The summed E-state index contributed by atoms with van der Waals surface area (Å²) in [4.78, 5) is 16.1. The number of carbonyl (C=O) groups is 1. The first-order valence-electron chi connectivity index (χ1n) is 5.58. The number of aliphatic hydroxyl groups is 1. The first kappa shape index (κ1) is 13.3. The lowest BCUT2D eigenvalue weighted by Crippen LogP contribution is -2.33. The molecular weight excluding hydrogens is 272 g/mol. The van der Waals surface area contributed by atoms with Crippen molar-refractivity contribution in [1.82, 2.24) is 10.3 Å². The van der Waals surface area contributed by atoms with Crippen LogP contribution >= 0.6 is 22.9 Å². The van der Waals surface area contributed by atoms with Crippen LogP contribution in [0.15, 0.2) is 18.2 Å². The van der Waals surface area contributed by atoms with E-state index in [1.807, 2.05) is 13.0 Å². The minimum Gasteiger partial charge on any atom is -0.396 e. The van der Waals surface area contributed by atoms with Gasteiger partial charge in [-0.25, -0.2) is 4.98 Å². The van der Waals surface area contributed by atoms with E-state index in [4.69, 9.17) is 16.7 Å². The molecule has 0 spiro atoms. The SMILES string of the molecule is C[C@@H](CCO)NC(=O)c1ccc2sc(Cl)nc2c1. The lowest BCUT2D eigenvalue weighted by atomic mass is 10.1. The molecule has 0 saturated heterocycles. The second-order valence-corrected chi connectivity index (χ2v) is 5.65. The molecule has 1 heterocycles. The van der Waals surface area contributed by atoms with E-state index in [0.29, 0.717) is 16.5 Å². The molecule has 4 nitrogen and oxygen atoms in total. The maximum absolute atomic E-state index is 11.9. The van der Waals surface area contributed by atoms with Crippen LogP contribution in [0.3, 0.4) is 0 Å². The molecule has 0 fully saturated rings. The molecule has 1 aromatic carbocycles. The Morgan fingerprint density at radius 2 is 2.39 bits per heavy atom. The fourth-order valence-corrected chi connectivity index (χ4v) is 2.62. The molecule has 0 aliphatic heterocycles. The zero-order valence-corrected chi connectivity index (χ0v) is 11.4. The van der Waals surface area contributed by atoms with Gasteiger partial charge in [0.2, 0.25) is 0 Å². The topological polar surface area (TPSA) is 62.2 Å². The number of thiazole rings is 1. The number of aromatic nitrogens is 1. The van der Waals surface area contributed by atoms with E-state index in [1.165, 1.54) is 11.3 Å². The number of nitrogens with one attached hydrogen (secondary N) is 1. The number of amides is 1. The number of nitrogens with zero attached hydrogens (tertiary/aromatic N) is 1. The molecule has 0 unspecified atom stereocenters. The normalized spacial score (nSPS) is 12.6. The minimum atomic E-state index is -0.165. The third-order valence-corrected chi connectivity index (χ3v) is 3.70. The van der Waals surface area contributed by atoms with Gasteiger partial charge in [-0.3, -0.25) is 4.79 Å². The first-order valence-corrected chi connectivity index (χ1v) is 6.77. The van der Waals surface area contributed by atoms with Crippen LogP contribution in [0.25, 0.3) is 10.2 Å². The molecule has 1 aromatic heterocycles. The van der Waals surface area contributed by atoms with Gasteiger partial charge in [-0.1, -0.05) is 11.6 Å². The van der Waals surface area contributed by atoms with Gasteiger partial charge < -0.3 is 10.4 Å². The summed E-state index contributed by atoms with van der Waals surface area (Å²) in [5.41, 5.74) is 1.28. The highest BCUT2D eigenvalue weighted by molar-refractivity contribution is 7.22. The Morgan fingerprint density at radius 1 is 1.61 bits per heavy atom. The van der Waals surface area contributed by atoms with Gasteiger partial charge in [0.05, 0.1) is 10.2 Å². The number of fused-ring (bicyclic) bond motifs is 1. The molecule has 0 aliphatic rings. The van der Waals surface area contributed by atoms with Crippen LogP contribution in [0.5, 0.6) is 0 Å². The number of halogens is 1. The molecule has 2 rings (SSSR count). The smallest absolute Gasteiger partial charge is 0.251 e. The number of aliphatic hydroxyl groups excluding tert-OH is 1. The monoisotopic (exact) mass is 284 g/mol. The van der Waals surface area contributed by atoms with Crippen molar-refractivity contribution in [2.45, 2.75) is 19.4 Å². The van der Waals surface area contributed by atoms with E-state index in [2.05, 4.69) is 10.3 Å². The summed E-state index contributed by atoms with van der Waals surface area (Å²) in [5, 5.41) is 11.6. The Bertz CT molecular complexity index is 570. The summed E-state index contributed by atoms with van der Waals surface area (Å²) in [7, 11) is 0. The molecule has 6 heteroatoms. The molecule has 0 bridgehead atoms. The predicted molar refractivity (Wildman–Crippen MR) is 73.3 cm³/mol. The van der Waals surface area contributed by atoms with Gasteiger partial charge in [0.15, 0.2) is 4.47 Å². The van der Waals surface area contributed by atoms with Crippen molar-refractivity contribution in [2.24, 2.45) is 0 Å². The standard InChI is InChI=1S/C12H13ClN2O2S/c1-7(4-5-16)14-11(17)8-2-3-10-9(6-8)15-12(13)18-10/h2-3,6-7,16H,4-5H2,1H3,(H,14,17)/t7-/m0/s1. The van der Waals surface area contributed by atoms with Gasteiger partial charge in [-0.15, -0.1) is 11.3 Å². The van der Waals surface area contributed by atoms with E-state index in [-0.39, 0.29) is 18.6 Å². The average Bonchev–Trinajstić information content (AvgIpc) is 2.68. The molecule has 1 amide bonds. The lowest BCUT2D eigenvalue weighted by Gasteiger charge is -2.12. The maximum atomic E-state index is 11.9. The average molecular weight is 285 g/mol. The summed E-state index contributed by atoms with van der Waals surface area (Å²) < 4.78 is 1.43. The van der Waals surface area contributed by atoms with Crippen molar-refractivity contribution < 1.29 is 9.90 Å². The van der Waals surface area contributed by atoms with Gasteiger partial charge in [0.1, 0.15) is 0 Å². The number of hydrogen-bond acceptors (Lipinski definition) is 4. The number of rotatable bonds is 4. The van der Waals surface area contributed by atoms with E-state index in [1.54, 1.807) is 12.1 Å². The largest absolute Gasteiger partial charge is 0.396 e. The first-order chi connectivity index (χ1) is 8.60. The van der Waals surface area contributed by atoms with Crippen LogP contribution in [0.1, 0.15) is 23.7 Å². The van der Waals surface area contributed by atoms with Crippen molar-refractivity contribution in [3.05, 3.63) is 28.2 Å². The predicted octanol–water partition coefficient (Wildman–Crippen LogP) is 2.45. The fourth-order valence-electron chi connectivity index (χ4n) is 1.61.